The lowest BCUT2D eigenvalue weighted by atomic mass is 9.80. The molecule has 86 valence electrons. The summed E-state index contributed by atoms with van der Waals surface area (Å²) in [6.45, 7) is 4.24. The number of hydrogen-bond acceptors (Lipinski definition) is 1. The number of rotatable bonds is 2. The van der Waals surface area contributed by atoms with Gasteiger partial charge in [-0.25, -0.2) is 0 Å². The molecule has 2 aliphatic carbocycles. The molecule has 2 rings (SSSR count). The van der Waals surface area contributed by atoms with Gasteiger partial charge in [-0.15, -0.1) is 0 Å². The van der Waals surface area contributed by atoms with E-state index in [-0.39, 0.29) is 5.41 Å². The minimum atomic E-state index is -0.0146. The maximum Gasteiger partial charge on any atom is 0.141 e. The molecule has 0 N–H and O–H groups in total. The first-order chi connectivity index (χ1) is 7.09. The number of ketones is 1. The van der Waals surface area contributed by atoms with E-state index in [9.17, 15) is 4.79 Å². The van der Waals surface area contributed by atoms with Crippen LogP contribution >= 0.6 is 0 Å². The Labute approximate surface area is 93.6 Å². The van der Waals surface area contributed by atoms with Crippen LogP contribution in [0.5, 0.6) is 0 Å². The van der Waals surface area contributed by atoms with Crippen LogP contribution in [0, 0.1) is 17.3 Å². The van der Waals surface area contributed by atoms with Crippen molar-refractivity contribution in [2.24, 2.45) is 17.3 Å². The minimum absolute atomic E-state index is 0.0146. The van der Waals surface area contributed by atoms with E-state index >= 15 is 0 Å². The van der Waals surface area contributed by atoms with Crippen LogP contribution in [0.3, 0.4) is 0 Å². The molecule has 2 aliphatic rings. The summed E-state index contributed by atoms with van der Waals surface area (Å²) in [7, 11) is 0. The van der Waals surface area contributed by atoms with Crippen molar-refractivity contribution >= 4 is 5.78 Å². The van der Waals surface area contributed by atoms with Crippen molar-refractivity contribution in [3.05, 3.63) is 0 Å². The molecule has 15 heavy (non-hydrogen) atoms. The van der Waals surface area contributed by atoms with Crippen molar-refractivity contribution in [1.82, 2.24) is 0 Å². The van der Waals surface area contributed by atoms with Crippen LogP contribution in [0.15, 0.2) is 0 Å². The SMILES string of the molecule is CC1(C)CCC(CC2CCCCC2)C1=O. The Bertz CT molecular complexity index is 236. The van der Waals surface area contributed by atoms with E-state index < -0.39 is 0 Å². The smallest absolute Gasteiger partial charge is 0.141 e. The second-order valence-corrected chi connectivity index (χ2v) is 6.22. The maximum atomic E-state index is 12.1. The summed E-state index contributed by atoms with van der Waals surface area (Å²) >= 11 is 0. The van der Waals surface area contributed by atoms with Gasteiger partial charge in [0.05, 0.1) is 0 Å². The van der Waals surface area contributed by atoms with Crippen molar-refractivity contribution in [1.29, 1.82) is 0 Å². The van der Waals surface area contributed by atoms with Gasteiger partial charge in [0.25, 0.3) is 0 Å². The maximum absolute atomic E-state index is 12.1. The molecule has 0 aliphatic heterocycles. The highest BCUT2D eigenvalue weighted by molar-refractivity contribution is 5.88. The molecule has 1 heteroatoms. The van der Waals surface area contributed by atoms with Gasteiger partial charge in [-0.1, -0.05) is 46.0 Å². The topological polar surface area (TPSA) is 17.1 Å². The summed E-state index contributed by atoms with van der Waals surface area (Å²) in [5.41, 5.74) is -0.0146. The van der Waals surface area contributed by atoms with E-state index in [2.05, 4.69) is 13.8 Å². The predicted molar refractivity (Wildman–Crippen MR) is 62.7 cm³/mol. The fraction of sp³-hybridized carbons (Fsp3) is 0.929. The molecule has 1 nitrogen and oxygen atoms in total. The van der Waals surface area contributed by atoms with Crippen LogP contribution in [-0.2, 0) is 4.79 Å². The van der Waals surface area contributed by atoms with E-state index in [1.807, 2.05) is 0 Å². The third kappa shape index (κ3) is 2.43. The van der Waals surface area contributed by atoms with E-state index in [0.717, 1.165) is 18.8 Å². The first kappa shape index (κ1) is 11.2. The van der Waals surface area contributed by atoms with Crippen LogP contribution < -0.4 is 0 Å². The second-order valence-electron chi connectivity index (χ2n) is 6.22. The zero-order valence-electron chi connectivity index (χ0n) is 10.2. The van der Waals surface area contributed by atoms with Gasteiger partial charge in [0, 0.05) is 11.3 Å². The quantitative estimate of drug-likeness (QED) is 0.671. The summed E-state index contributed by atoms with van der Waals surface area (Å²) in [6, 6.07) is 0. The van der Waals surface area contributed by atoms with Crippen molar-refractivity contribution in [3.8, 4) is 0 Å². The van der Waals surface area contributed by atoms with Crippen molar-refractivity contribution < 1.29 is 4.79 Å². The summed E-state index contributed by atoms with van der Waals surface area (Å²) in [5.74, 6) is 1.82. The molecular formula is C14H24O. The standard InChI is InChI=1S/C14H24O/c1-14(2)9-8-12(13(14)15)10-11-6-4-3-5-7-11/h11-12H,3-10H2,1-2H3. The summed E-state index contributed by atoms with van der Waals surface area (Å²) in [6.07, 6.45) is 10.4. The molecule has 2 saturated carbocycles. The van der Waals surface area contributed by atoms with Gasteiger partial charge >= 0.3 is 0 Å². The Morgan fingerprint density at radius 2 is 1.80 bits per heavy atom. The van der Waals surface area contributed by atoms with E-state index in [4.69, 9.17) is 0 Å². The lowest BCUT2D eigenvalue weighted by molar-refractivity contribution is -0.128. The fourth-order valence-corrected chi connectivity index (χ4v) is 3.39. The Morgan fingerprint density at radius 1 is 1.13 bits per heavy atom. The number of carbonyl (C=O) groups excluding carboxylic acids is 1. The molecule has 0 heterocycles. The molecule has 0 radical (unpaired) electrons. The minimum Gasteiger partial charge on any atom is -0.299 e. The van der Waals surface area contributed by atoms with Crippen LogP contribution in [0.2, 0.25) is 0 Å². The first-order valence-electron chi connectivity index (χ1n) is 6.64. The van der Waals surface area contributed by atoms with E-state index in [1.54, 1.807) is 0 Å². The zero-order valence-corrected chi connectivity index (χ0v) is 10.2. The molecule has 0 bridgehead atoms. The normalized spacial score (nSPS) is 32.1. The first-order valence-corrected chi connectivity index (χ1v) is 6.64. The highest BCUT2D eigenvalue weighted by atomic mass is 16.1. The van der Waals surface area contributed by atoms with Gasteiger partial charge in [0.1, 0.15) is 5.78 Å². The highest BCUT2D eigenvalue weighted by Gasteiger charge is 2.40. The second kappa shape index (κ2) is 4.27. The average Bonchev–Trinajstić information content (AvgIpc) is 2.47. The van der Waals surface area contributed by atoms with Crippen LogP contribution in [0.1, 0.15) is 65.2 Å². The van der Waals surface area contributed by atoms with Crippen LogP contribution in [0.25, 0.3) is 0 Å². The molecule has 0 aromatic carbocycles. The molecule has 1 atom stereocenters. The lowest BCUT2D eigenvalue weighted by Crippen LogP contribution is -2.23. The van der Waals surface area contributed by atoms with Gasteiger partial charge < -0.3 is 0 Å². The summed E-state index contributed by atoms with van der Waals surface area (Å²) in [5, 5.41) is 0. The molecule has 0 spiro atoms. The van der Waals surface area contributed by atoms with Gasteiger partial charge in [-0.3, -0.25) is 4.79 Å². The molecule has 0 aromatic heterocycles. The highest BCUT2D eigenvalue weighted by Crippen LogP contribution is 2.42. The van der Waals surface area contributed by atoms with Gasteiger partial charge in [0.2, 0.25) is 0 Å². The lowest BCUT2D eigenvalue weighted by Gasteiger charge is -2.24. The Balaban J connectivity index is 1.87. The van der Waals surface area contributed by atoms with Crippen molar-refractivity contribution in [2.45, 2.75) is 65.2 Å². The molecule has 0 saturated heterocycles. The fourth-order valence-electron chi connectivity index (χ4n) is 3.39. The van der Waals surface area contributed by atoms with Gasteiger partial charge in [0.15, 0.2) is 0 Å². The van der Waals surface area contributed by atoms with Crippen molar-refractivity contribution in [2.75, 3.05) is 0 Å². The average molecular weight is 208 g/mol. The Morgan fingerprint density at radius 3 is 2.33 bits per heavy atom. The number of Topliss-reactive ketones (excluding diaryl/α,β-unsaturated/α-hetero) is 1. The zero-order chi connectivity index (χ0) is 10.9. The van der Waals surface area contributed by atoms with Crippen molar-refractivity contribution in [3.63, 3.8) is 0 Å². The van der Waals surface area contributed by atoms with Gasteiger partial charge in [-0.05, 0) is 25.2 Å². The number of carbonyl (C=O) groups is 1. The molecule has 2 fully saturated rings. The Kier molecular flexibility index (Phi) is 3.18. The summed E-state index contributed by atoms with van der Waals surface area (Å²) < 4.78 is 0. The molecular weight excluding hydrogens is 184 g/mol. The molecule has 1 unspecified atom stereocenters. The largest absolute Gasteiger partial charge is 0.299 e. The summed E-state index contributed by atoms with van der Waals surface area (Å²) in [4.78, 5) is 12.1. The third-order valence-electron chi connectivity index (χ3n) is 4.50. The van der Waals surface area contributed by atoms with E-state index in [0.29, 0.717) is 11.7 Å². The monoisotopic (exact) mass is 208 g/mol. The molecule has 0 aromatic rings. The Hall–Kier alpha value is -0.330. The van der Waals surface area contributed by atoms with Crippen LogP contribution in [-0.4, -0.2) is 5.78 Å². The molecule has 0 amide bonds. The number of hydrogen-bond donors (Lipinski definition) is 0. The van der Waals surface area contributed by atoms with Crippen LogP contribution in [0.4, 0.5) is 0 Å². The van der Waals surface area contributed by atoms with E-state index in [1.165, 1.54) is 38.5 Å². The predicted octanol–water partition coefficient (Wildman–Crippen LogP) is 3.96. The van der Waals surface area contributed by atoms with Gasteiger partial charge in [-0.2, -0.15) is 0 Å². The third-order valence-corrected chi connectivity index (χ3v) is 4.50.